The lowest BCUT2D eigenvalue weighted by molar-refractivity contribution is 0.390. The van der Waals surface area contributed by atoms with Crippen LogP contribution in [0.3, 0.4) is 0 Å². The maximum Gasteiger partial charge on any atom is 0.128 e. The van der Waals surface area contributed by atoms with Crippen LogP contribution in [0.1, 0.15) is 89.5 Å². The van der Waals surface area contributed by atoms with E-state index < -0.39 is 0 Å². The molecule has 0 bridgehead atoms. The minimum Gasteiger partial charge on any atom is -0.507 e. The van der Waals surface area contributed by atoms with Crippen molar-refractivity contribution in [3.63, 3.8) is 0 Å². The van der Waals surface area contributed by atoms with Gasteiger partial charge in [0.1, 0.15) is 11.5 Å². The Kier molecular flexibility index (Phi) is 9.26. The molecular formula is C30H42N2O2S2. The van der Waals surface area contributed by atoms with Gasteiger partial charge in [-0.25, -0.2) is 0 Å². The Morgan fingerprint density at radius 2 is 1.06 bits per heavy atom. The van der Waals surface area contributed by atoms with Crippen LogP contribution in [0.4, 0.5) is 0 Å². The van der Waals surface area contributed by atoms with Crippen LogP contribution in [0.25, 0.3) is 0 Å². The smallest absolute Gasteiger partial charge is 0.128 e. The molecule has 0 radical (unpaired) electrons. The molecule has 2 N–H and O–H groups in total. The van der Waals surface area contributed by atoms with E-state index in [1.807, 2.05) is 24.6 Å². The monoisotopic (exact) mass is 526 g/mol. The maximum absolute atomic E-state index is 11.0. The highest BCUT2D eigenvalue weighted by Crippen LogP contribution is 2.37. The predicted octanol–water partition coefficient (Wildman–Crippen LogP) is 7.99. The van der Waals surface area contributed by atoms with Gasteiger partial charge in [0.05, 0.1) is 12.1 Å². The van der Waals surface area contributed by atoms with E-state index in [1.54, 1.807) is 23.5 Å². The fraction of sp³-hybridized carbons (Fsp3) is 0.533. The highest BCUT2D eigenvalue weighted by atomic mass is 32.2. The number of phenolic OH excluding ortho intramolecular Hbond substituents is 2. The van der Waals surface area contributed by atoms with Crippen molar-refractivity contribution in [2.24, 2.45) is 9.98 Å². The van der Waals surface area contributed by atoms with Crippen LogP contribution < -0.4 is 0 Å². The first-order valence-corrected chi connectivity index (χ1v) is 15.2. The molecular weight excluding hydrogens is 484 g/mol. The van der Waals surface area contributed by atoms with Crippen molar-refractivity contribution in [2.45, 2.75) is 99.9 Å². The number of aliphatic imine (C=N–C) groups is 2. The van der Waals surface area contributed by atoms with Crippen molar-refractivity contribution in [2.75, 3.05) is 12.5 Å². The first-order valence-electron chi connectivity index (χ1n) is 12.7. The summed E-state index contributed by atoms with van der Waals surface area (Å²) >= 11 is 3.35. The zero-order valence-electron chi connectivity index (χ0n) is 23.1. The van der Waals surface area contributed by atoms with Crippen LogP contribution in [0, 0.1) is 0 Å². The minimum absolute atomic E-state index is 0.0541. The topological polar surface area (TPSA) is 65.2 Å². The van der Waals surface area contributed by atoms with E-state index in [-0.39, 0.29) is 22.9 Å². The van der Waals surface area contributed by atoms with Crippen LogP contribution in [0.5, 0.6) is 11.5 Å². The number of hydrogen-bond acceptors (Lipinski definition) is 6. The van der Waals surface area contributed by atoms with Gasteiger partial charge in [-0.05, 0) is 60.4 Å². The number of phenols is 2. The Bertz CT molecular complexity index is 1040. The van der Waals surface area contributed by atoms with Gasteiger partial charge in [0.25, 0.3) is 0 Å². The molecule has 1 aliphatic carbocycles. The zero-order chi connectivity index (χ0) is 26.7. The normalized spacial score (nSPS) is 19.4. The first-order chi connectivity index (χ1) is 16.8. The number of rotatable bonds is 6. The number of benzene rings is 2. The average molecular weight is 527 g/mol. The van der Waals surface area contributed by atoms with Crippen molar-refractivity contribution < 1.29 is 10.2 Å². The molecule has 2 aromatic rings. The Morgan fingerprint density at radius 1 is 0.694 bits per heavy atom. The second-order valence-electron chi connectivity index (χ2n) is 11.7. The summed E-state index contributed by atoms with van der Waals surface area (Å²) < 4.78 is 0. The molecule has 4 nitrogen and oxygen atoms in total. The lowest BCUT2D eigenvalue weighted by Crippen LogP contribution is -2.27. The fourth-order valence-electron chi connectivity index (χ4n) is 4.63. The number of thioether (sulfide) groups is 2. The molecule has 0 spiro atoms. The van der Waals surface area contributed by atoms with Gasteiger partial charge in [-0.2, -0.15) is 0 Å². The molecule has 0 aliphatic heterocycles. The van der Waals surface area contributed by atoms with Crippen molar-refractivity contribution in [3.05, 3.63) is 46.5 Å². The Labute approximate surface area is 226 Å². The molecule has 0 amide bonds. The molecule has 0 saturated heterocycles. The highest BCUT2D eigenvalue weighted by Gasteiger charge is 2.25. The van der Waals surface area contributed by atoms with E-state index in [1.165, 1.54) is 0 Å². The molecule has 0 aromatic heterocycles. The van der Waals surface area contributed by atoms with E-state index in [4.69, 9.17) is 9.98 Å². The Morgan fingerprint density at radius 3 is 1.36 bits per heavy atom. The maximum atomic E-state index is 11.0. The number of nitrogens with zero attached hydrogens (tertiary/aromatic N) is 2. The zero-order valence-corrected chi connectivity index (χ0v) is 24.7. The van der Waals surface area contributed by atoms with E-state index in [0.29, 0.717) is 11.5 Å². The third-order valence-electron chi connectivity index (χ3n) is 6.82. The van der Waals surface area contributed by atoms with Crippen LogP contribution >= 0.6 is 23.5 Å². The Balaban J connectivity index is 1.92. The van der Waals surface area contributed by atoms with Crippen LogP contribution in [-0.4, -0.2) is 47.2 Å². The van der Waals surface area contributed by atoms with Gasteiger partial charge < -0.3 is 10.2 Å². The molecule has 3 rings (SSSR count). The van der Waals surface area contributed by atoms with Gasteiger partial charge in [-0.1, -0.05) is 54.4 Å². The summed E-state index contributed by atoms with van der Waals surface area (Å²) in [4.78, 5) is 12.1. The molecule has 196 valence electrons. The van der Waals surface area contributed by atoms with Gasteiger partial charge in [0, 0.05) is 44.5 Å². The van der Waals surface area contributed by atoms with Crippen molar-refractivity contribution >= 4 is 36.0 Å². The minimum atomic E-state index is -0.157. The SMILES string of the molecule is CSc1cc(C=N[C@@H]2CCCC[C@H]2N=Cc2cc(SC)cc(C(C)(C)C)c2O)c(O)c(C(C)(C)C)c1. The number of aromatic hydroxyl groups is 2. The molecule has 0 heterocycles. The van der Waals surface area contributed by atoms with E-state index in [9.17, 15) is 10.2 Å². The molecule has 1 fully saturated rings. The van der Waals surface area contributed by atoms with Crippen molar-refractivity contribution in [1.82, 2.24) is 0 Å². The largest absolute Gasteiger partial charge is 0.507 e. The van der Waals surface area contributed by atoms with Gasteiger partial charge in [-0.15, -0.1) is 23.5 Å². The van der Waals surface area contributed by atoms with Gasteiger partial charge in [-0.3, -0.25) is 9.98 Å². The quantitative estimate of drug-likeness (QED) is 0.296. The lowest BCUT2D eigenvalue weighted by Gasteiger charge is -2.26. The van der Waals surface area contributed by atoms with Gasteiger partial charge >= 0.3 is 0 Å². The second-order valence-corrected chi connectivity index (χ2v) is 13.5. The first kappa shape index (κ1) is 28.6. The van der Waals surface area contributed by atoms with Gasteiger partial charge in [0.2, 0.25) is 0 Å². The summed E-state index contributed by atoms with van der Waals surface area (Å²) in [5, 5.41) is 22.0. The summed E-state index contributed by atoms with van der Waals surface area (Å²) in [6, 6.07) is 8.29. The molecule has 0 unspecified atom stereocenters. The summed E-state index contributed by atoms with van der Waals surface area (Å²) in [5.74, 6) is 0.627. The third kappa shape index (κ3) is 6.89. The molecule has 1 saturated carbocycles. The predicted molar refractivity (Wildman–Crippen MR) is 158 cm³/mol. The second kappa shape index (κ2) is 11.6. The summed E-state index contributed by atoms with van der Waals surface area (Å²) in [7, 11) is 0. The average Bonchev–Trinajstić information content (AvgIpc) is 2.81. The van der Waals surface area contributed by atoms with E-state index in [0.717, 1.165) is 57.7 Å². The lowest BCUT2D eigenvalue weighted by atomic mass is 9.85. The van der Waals surface area contributed by atoms with E-state index >= 15 is 0 Å². The Hall–Kier alpha value is -1.92. The van der Waals surface area contributed by atoms with Crippen LogP contribution in [0.2, 0.25) is 0 Å². The molecule has 36 heavy (non-hydrogen) atoms. The van der Waals surface area contributed by atoms with Crippen molar-refractivity contribution in [1.29, 1.82) is 0 Å². The molecule has 2 atom stereocenters. The molecule has 2 aromatic carbocycles. The number of hydrogen-bond donors (Lipinski definition) is 2. The highest BCUT2D eigenvalue weighted by molar-refractivity contribution is 7.98. The van der Waals surface area contributed by atoms with Crippen molar-refractivity contribution in [3.8, 4) is 11.5 Å². The van der Waals surface area contributed by atoms with Gasteiger partial charge in [0.15, 0.2) is 0 Å². The summed E-state index contributed by atoms with van der Waals surface area (Å²) in [5.41, 5.74) is 3.09. The molecule has 1 aliphatic rings. The summed E-state index contributed by atoms with van der Waals surface area (Å²) in [6.07, 6.45) is 12.0. The van der Waals surface area contributed by atoms with E-state index in [2.05, 4.69) is 66.2 Å². The molecule has 6 heteroatoms. The fourth-order valence-corrected chi connectivity index (χ4v) is 5.59. The standard InChI is InChI=1S/C30H42N2O2S2/c1-29(2,3)23-15-21(35-7)13-19(27(23)33)17-31-25-11-9-10-12-26(25)32-18-20-14-22(36-8)16-24(28(20)34)30(4,5)6/h13-18,25-26,33-34H,9-12H2,1-8H3/t25-,26-/m1/s1. The summed E-state index contributed by atoms with van der Waals surface area (Å²) in [6.45, 7) is 12.7. The van der Waals surface area contributed by atoms with Crippen LogP contribution in [0.15, 0.2) is 44.0 Å². The third-order valence-corrected chi connectivity index (χ3v) is 8.23. The van der Waals surface area contributed by atoms with Crippen LogP contribution in [-0.2, 0) is 10.8 Å².